The van der Waals surface area contributed by atoms with Crippen molar-refractivity contribution >= 4 is 18.1 Å². The predicted octanol–water partition coefficient (Wildman–Crippen LogP) is 4.33. The van der Waals surface area contributed by atoms with Gasteiger partial charge in [0.15, 0.2) is 0 Å². The Balaban J connectivity index is 1.60. The summed E-state index contributed by atoms with van der Waals surface area (Å²) in [4.78, 5) is 42.2. The fourth-order valence-corrected chi connectivity index (χ4v) is 4.71. The molecule has 1 N–H and O–H groups in total. The maximum atomic E-state index is 13.6. The van der Waals surface area contributed by atoms with Crippen LogP contribution >= 0.6 is 0 Å². The first-order valence-electron chi connectivity index (χ1n) is 12.4. The van der Waals surface area contributed by atoms with Crippen molar-refractivity contribution in [1.29, 1.82) is 0 Å². The summed E-state index contributed by atoms with van der Waals surface area (Å²) in [5.41, 5.74) is 0.297. The molecule has 2 fully saturated rings. The SMILES string of the molecule is C[C@H]1CN(C(=O)C(NC(=O)OC(C)(C)C)C2CCCCC2)CCN1C(=O)OCc1ccccc1. The summed E-state index contributed by atoms with van der Waals surface area (Å²) in [5.74, 6) is -0.000135. The Morgan fingerprint density at radius 2 is 1.74 bits per heavy atom. The Morgan fingerprint density at radius 3 is 2.35 bits per heavy atom. The van der Waals surface area contributed by atoms with Crippen LogP contribution in [0.1, 0.15) is 65.4 Å². The Hall–Kier alpha value is -2.77. The van der Waals surface area contributed by atoms with Gasteiger partial charge in [0.1, 0.15) is 18.2 Å². The van der Waals surface area contributed by atoms with Crippen molar-refractivity contribution in [3.05, 3.63) is 35.9 Å². The topological polar surface area (TPSA) is 88.2 Å². The lowest BCUT2D eigenvalue weighted by atomic mass is 9.83. The second-order valence-corrected chi connectivity index (χ2v) is 10.4. The number of nitrogens with one attached hydrogen (secondary N) is 1. The van der Waals surface area contributed by atoms with Crippen LogP contribution in [0.15, 0.2) is 30.3 Å². The third-order valence-corrected chi connectivity index (χ3v) is 6.44. The Labute approximate surface area is 202 Å². The summed E-state index contributed by atoms with van der Waals surface area (Å²) >= 11 is 0. The fourth-order valence-electron chi connectivity index (χ4n) is 4.71. The van der Waals surface area contributed by atoms with Crippen LogP contribution in [-0.2, 0) is 20.9 Å². The van der Waals surface area contributed by atoms with Gasteiger partial charge in [0.25, 0.3) is 0 Å². The first-order valence-corrected chi connectivity index (χ1v) is 12.4. The number of ether oxygens (including phenoxy) is 2. The van der Waals surface area contributed by atoms with Gasteiger partial charge in [-0.1, -0.05) is 49.6 Å². The number of hydrogen-bond donors (Lipinski definition) is 1. The minimum atomic E-state index is -0.634. The first kappa shape index (κ1) is 25.8. The molecule has 0 radical (unpaired) electrons. The van der Waals surface area contributed by atoms with Crippen LogP contribution in [-0.4, -0.2) is 65.2 Å². The molecule has 1 saturated carbocycles. The van der Waals surface area contributed by atoms with E-state index in [2.05, 4.69) is 5.32 Å². The average molecular weight is 474 g/mol. The molecule has 188 valence electrons. The number of nitrogens with zero attached hydrogens (tertiary/aromatic N) is 2. The van der Waals surface area contributed by atoms with E-state index in [1.54, 1.807) is 9.80 Å². The smallest absolute Gasteiger partial charge is 0.410 e. The number of benzene rings is 1. The molecule has 1 aromatic rings. The lowest BCUT2D eigenvalue weighted by molar-refractivity contribution is -0.138. The molecular weight excluding hydrogens is 434 g/mol. The van der Waals surface area contributed by atoms with E-state index in [-0.39, 0.29) is 30.6 Å². The summed E-state index contributed by atoms with van der Waals surface area (Å²) < 4.78 is 10.9. The Kier molecular flexibility index (Phi) is 8.80. The van der Waals surface area contributed by atoms with Crippen LogP contribution in [0, 0.1) is 5.92 Å². The largest absolute Gasteiger partial charge is 0.445 e. The summed E-state index contributed by atoms with van der Waals surface area (Å²) in [6.07, 6.45) is 4.15. The molecule has 0 aromatic heterocycles. The number of carbonyl (C=O) groups excluding carboxylic acids is 3. The van der Waals surface area contributed by atoms with E-state index < -0.39 is 17.7 Å². The molecule has 0 bridgehead atoms. The van der Waals surface area contributed by atoms with Crippen LogP contribution in [0.4, 0.5) is 9.59 Å². The van der Waals surface area contributed by atoms with Gasteiger partial charge in [-0.05, 0) is 52.0 Å². The van der Waals surface area contributed by atoms with E-state index in [4.69, 9.17) is 9.47 Å². The highest BCUT2D eigenvalue weighted by atomic mass is 16.6. The normalized spacial score (nSPS) is 20.4. The van der Waals surface area contributed by atoms with Gasteiger partial charge in [-0.2, -0.15) is 0 Å². The minimum absolute atomic E-state index is 0.0953. The highest BCUT2D eigenvalue weighted by molar-refractivity contribution is 5.86. The number of carbonyl (C=O) groups is 3. The molecule has 1 unspecified atom stereocenters. The zero-order chi connectivity index (χ0) is 24.7. The third-order valence-electron chi connectivity index (χ3n) is 6.44. The molecule has 0 spiro atoms. The molecule has 2 atom stereocenters. The van der Waals surface area contributed by atoms with Gasteiger partial charge in [-0.15, -0.1) is 0 Å². The summed E-state index contributed by atoms with van der Waals surface area (Å²) in [6, 6.07) is 8.76. The Bertz CT molecular complexity index is 833. The van der Waals surface area contributed by atoms with Crippen molar-refractivity contribution in [2.75, 3.05) is 19.6 Å². The maximum Gasteiger partial charge on any atom is 0.410 e. The quantitative estimate of drug-likeness (QED) is 0.688. The standard InChI is InChI=1S/C26H39N3O5/c1-19-17-28(15-16-29(19)25(32)33-18-20-11-7-5-8-12-20)23(30)22(21-13-9-6-10-14-21)27-24(31)34-26(2,3)4/h5,7-8,11-12,19,21-22H,6,9-10,13-18H2,1-4H3,(H,27,31)/t19-,22?/m0/s1. The maximum absolute atomic E-state index is 13.6. The molecule has 2 aliphatic rings. The second kappa shape index (κ2) is 11.6. The van der Waals surface area contributed by atoms with Crippen molar-refractivity contribution < 1.29 is 23.9 Å². The fraction of sp³-hybridized carbons (Fsp3) is 0.654. The molecule has 1 saturated heterocycles. The van der Waals surface area contributed by atoms with E-state index in [0.29, 0.717) is 19.6 Å². The molecule has 34 heavy (non-hydrogen) atoms. The molecule has 8 nitrogen and oxygen atoms in total. The van der Waals surface area contributed by atoms with Gasteiger partial charge in [0, 0.05) is 25.7 Å². The number of piperazine rings is 1. The van der Waals surface area contributed by atoms with E-state index in [9.17, 15) is 14.4 Å². The van der Waals surface area contributed by atoms with Gasteiger partial charge in [0.05, 0.1) is 0 Å². The van der Waals surface area contributed by atoms with Gasteiger partial charge in [-0.25, -0.2) is 9.59 Å². The van der Waals surface area contributed by atoms with Crippen molar-refractivity contribution in [2.24, 2.45) is 5.92 Å². The summed E-state index contributed by atoms with van der Waals surface area (Å²) in [6.45, 7) is 8.76. The van der Waals surface area contributed by atoms with E-state index in [1.807, 2.05) is 58.0 Å². The highest BCUT2D eigenvalue weighted by Gasteiger charge is 2.38. The third kappa shape index (κ3) is 7.37. The molecule has 3 rings (SSSR count). The zero-order valence-electron chi connectivity index (χ0n) is 20.9. The number of hydrogen-bond acceptors (Lipinski definition) is 5. The average Bonchev–Trinajstić information content (AvgIpc) is 2.80. The number of alkyl carbamates (subject to hydrolysis) is 1. The van der Waals surface area contributed by atoms with Crippen LogP contribution in [0.2, 0.25) is 0 Å². The van der Waals surface area contributed by atoms with Gasteiger partial charge < -0.3 is 24.6 Å². The van der Waals surface area contributed by atoms with Gasteiger partial charge >= 0.3 is 12.2 Å². The molecular formula is C26H39N3O5. The lowest BCUT2D eigenvalue weighted by Gasteiger charge is -2.41. The second-order valence-electron chi connectivity index (χ2n) is 10.4. The lowest BCUT2D eigenvalue weighted by Crippen LogP contribution is -2.60. The monoisotopic (exact) mass is 473 g/mol. The molecule has 1 heterocycles. The van der Waals surface area contributed by atoms with Gasteiger partial charge in [-0.3, -0.25) is 4.79 Å². The number of rotatable bonds is 5. The minimum Gasteiger partial charge on any atom is -0.445 e. The van der Waals surface area contributed by atoms with Crippen molar-refractivity contribution in [3.63, 3.8) is 0 Å². The number of amides is 3. The predicted molar refractivity (Wildman–Crippen MR) is 129 cm³/mol. The van der Waals surface area contributed by atoms with E-state index in [1.165, 1.54) is 0 Å². The van der Waals surface area contributed by atoms with E-state index in [0.717, 1.165) is 37.7 Å². The van der Waals surface area contributed by atoms with Crippen LogP contribution in [0.25, 0.3) is 0 Å². The summed E-state index contributed by atoms with van der Waals surface area (Å²) in [5, 5.41) is 2.87. The summed E-state index contributed by atoms with van der Waals surface area (Å²) in [7, 11) is 0. The first-order chi connectivity index (χ1) is 16.1. The Morgan fingerprint density at radius 1 is 1.06 bits per heavy atom. The van der Waals surface area contributed by atoms with Crippen LogP contribution < -0.4 is 5.32 Å². The zero-order valence-corrected chi connectivity index (χ0v) is 20.9. The molecule has 1 aliphatic heterocycles. The van der Waals surface area contributed by atoms with E-state index >= 15 is 0 Å². The van der Waals surface area contributed by atoms with Crippen molar-refractivity contribution in [3.8, 4) is 0 Å². The van der Waals surface area contributed by atoms with Crippen molar-refractivity contribution in [2.45, 2.75) is 84.1 Å². The van der Waals surface area contributed by atoms with Crippen LogP contribution in [0.3, 0.4) is 0 Å². The van der Waals surface area contributed by atoms with Crippen molar-refractivity contribution in [1.82, 2.24) is 15.1 Å². The molecule has 1 aromatic carbocycles. The molecule has 8 heteroatoms. The molecule has 3 amide bonds. The van der Waals surface area contributed by atoms with Crippen LogP contribution in [0.5, 0.6) is 0 Å². The molecule has 1 aliphatic carbocycles. The van der Waals surface area contributed by atoms with Gasteiger partial charge in [0.2, 0.25) is 5.91 Å². The highest BCUT2D eigenvalue weighted by Crippen LogP contribution is 2.28.